The highest BCUT2D eigenvalue weighted by Gasteiger charge is 2.36. The Kier molecular flexibility index (Phi) is 15.0. The van der Waals surface area contributed by atoms with E-state index in [2.05, 4.69) is 16.0 Å². The molecule has 0 aromatic carbocycles. The molecule has 1 aliphatic carbocycles. The van der Waals surface area contributed by atoms with Crippen LogP contribution in [0.15, 0.2) is 0 Å². The molecule has 0 heterocycles. The minimum Gasteiger partial charge on any atom is -0.480 e. The molecule has 1 fully saturated rings. The lowest BCUT2D eigenvalue weighted by atomic mass is 9.88. The molecule has 4 unspecified atom stereocenters. The van der Waals surface area contributed by atoms with Crippen LogP contribution in [0.25, 0.3) is 0 Å². The SMILES string of the molecule is CCC(C)(C)NC(CSC1CCC1SCC(NC(=O)C(C)(C)CCOCNCC(=O)C(C)(C)C)C(=O)O)C(=O)O. The van der Waals surface area contributed by atoms with Crippen molar-refractivity contribution in [3.8, 4) is 0 Å². The van der Waals surface area contributed by atoms with Gasteiger partial charge in [-0.25, -0.2) is 4.79 Å². The molecule has 4 atom stereocenters. The Morgan fingerprint density at radius 2 is 1.43 bits per heavy atom. The number of nitrogens with one attached hydrogen (secondary N) is 3. The molecule has 0 radical (unpaired) electrons. The third kappa shape index (κ3) is 13.1. The summed E-state index contributed by atoms with van der Waals surface area (Å²) < 4.78 is 5.53. The summed E-state index contributed by atoms with van der Waals surface area (Å²) in [6.45, 7) is 15.7. The molecule has 1 amide bonds. The lowest BCUT2D eigenvalue weighted by Crippen LogP contribution is -2.51. The van der Waals surface area contributed by atoms with E-state index >= 15 is 0 Å². The average Bonchev–Trinajstić information content (AvgIpc) is 2.82. The topological polar surface area (TPSA) is 154 Å². The van der Waals surface area contributed by atoms with Crippen LogP contribution >= 0.6 is 23.5 Å². The molecule has 0 aromatic heterocycles. The Labute approximate surface area is 248 Å². The van der Waals surface area contributed by atoms with E-state index in [9.17, 15) is 29.4 Å². The third-order valence-corrected chi connectivity index (χ3v) is 10.5. The maximum absolute atomic E-state index is 12.9. The molecule has 1 aliphatic rings. The molecule has 1 saturated carbocycles. The molecular formula is C28H51N3O7S2. The zero-order chi connectivity index (χ0) is 30.7. The largest absolute Gasteiger partial charge is 0.480 e. The monoisotopic (exact) mass is 605 g/mol. The van der Waals surface area contributed by atoms with Crippen LogP contribution in [0.2, 0.25) is 0 Å². The molecule has 5 N–H and O–H groups in total. The maximum atomic E-state index is 12.9. The summed E-state index contributed by atoms with van der Waals surface area (Å²) in [5.41, 5.74) is -1.52. The number of hydrogen-bond donors (Lipinski definition) is 5. The summed E-state index contributed by atoms with van der Waals surface area (Å²) >= 11 is 3.14. The average molecular weight is 606 g/mol. The van der Waals surface area contributed by atoms with Gasteiger partial charge in [-0.2, -0.15) is 23.5 Å². The van der Waals surface area contributed by atoms with E-state index < -0.39 is 34.9 Å². The van der Waals surface area contributed by atoms with Crippen molar-refractivity contribution < 1.29 is 34.1 Å². The summed E-state index contributed by atoms with van der Waals surface area (Å²) in [4.78, 5) is 48.5. The number of carbonyl (C=O) groups is 4. The molecule has 40 heavy (non-hydrogen) atoms. The van der Waals surface area contributed by atoms with Gasteiger partial charge < -0.3 is 20.3 Å². The van der Waals surface area contributed by atoms with Crippen LogP contribution in [0.1, 0.15) is 81.1 Å². The van der Waals surface area contributed by atoms with Crippen molar-refractivity contribution in [2.45, 2.75) is 109 Å². The predicted octanol–water partition coefficient (Wildman–Crippen LogP) is 3.38. The van der Waals surface area contributed by atoms with Gasteiger partial charge in [0.25, 0.3) is 0 Å². The van der Waals surface area contributed by atoms with Crippen LogP contribution in [0, 0.1) is 10.8 Å². The van der Waals surface area contributed by atoms with Gasteiger partial charge in [0.2, 0.25) is 5.91 Å². The Morgan fingerprint density at radius 3 is 1.88 bits per heavy atom. The number of rotatable bonds is 20. The van der Waals surface area contributed by atoms with Crippen molar-refractivity contribution in [3.63, 3.8) is 0 Å². The second-order valence-electron chi connectivity index (χ2n) is 12.7. The lowest BCUT2D eigenvalue weighted by molar-refractivity contribution is -0.143. The third-order valence-electron chi connectivity index (χ3n) is 7.27. The minimum absolute atomic E-state index is 0.0812. The molecule has 0 bridgehead atoms. The first-order valence-corrected chi connectivity index (χ1v) is 16.1. The van der Waals surface area contributed by atoms with E-state index in [0.29, 0.717) is 12.2 Å². The predicted molar refractivity (Wildman–Crippen MR) is 162 cm³/mol. The summed E-state index contributed by atoms with van der Waals surface area (Å²) in [7, 11) is 0. The van der Waals surface area contributed by atoms with Gasteiger partial charge >= 0.3 is 11.9 Å². The number of ether oxygens (including phenoxy) is 1. The first kappa shape index (κ1) is 36.7. The van der Waals surface area contributed by atoms with Crippen molar-refractivity contribution in [1.82, 2.24) is 16.0 Å². The molecule has 10 nitrogen and oxygen atoms in total. The van der Waals surface area contributed by atoms with Crippen LogP contribution in [0.3, 0.4) is 0 Å². The molecular weight excluding hydrogens is 554 g/mol. The van der Waals surface area contributed by atoms with E-state index in [1.165, 1.54) is 11.8 Å². The fourth-order valence-electron chi connectivity index (χ4n) is 3.55. The highest BCUT2D eigenvalue weighted by molar-refractivity contribution is 8.04. The molecule has 12 heteroatoms. The van der Waals surface area contributed by atoms with E-state index in [0.717, 1.165) is 19.3 Å². The van der Waals surface area contributed by atoms with Crippen LogP contribution in [0.4, 0.5) is 0 Å². The second kappa shape index (κ2) is 16.3. The number of thioether (sulfide) groups is 2. The first-order valence-electron chi connectivity index (χ1n) is 14.0. The number of amides is 1. The molecule has 0 aliphatic heterocycles. The number of aliphatic carboxylic acids is 2. The van der Waals surface area contributed by atoms with Gasteiger partial charge in [0, 0.05) is 45.0 Å². The summed E-state index contributed by atoms with van der Waals surface area (Å²) in [6.07, 6.45) is 3.10. The highest BCUT2D eigenvalue weighted by atomic mass is 32.2. The summed E-state index contributed by atoms with van der Waals surface area (Å²) in [5, 5.41) is 28.7. The number of carbonyl (C=O) groups excluding carboxylic acids is 2. The second-order valence-corrected chi connectivity index (χ2v) is 15.3. The molecule has 232 valence electrons. The highest BCUT2D eigenvalue weighted by Crippen LogP contribution is 2.40. The van der Waals surface area contributed by atoms with Crippen LogP contribution < -0.4 is 16.0 Å². The van der Waals surface area contributed by atoms with Crippen LogP contribution in [-0.2, 0) is 23.9 Å². The van der Waals surface area contributed by atoms with Crippen molar-refractivity contribution in [3.05, 3.63) is 0 Å². The number of carboxylic acid groups (broad SMARTS) is 2. The van der Waals surface area contributed by atoms with Crippen molar-refractivity contribution in [1.29, 1.82) is 0 Å². The lowest BCUT2D eigenvalue weighted by Gasteiger charge is -2.37. The van der Waals surface area contributed by atoms with Gasteiger partial charge in [-0.3, -0.25) is 25.0 Å². The Morgan fingerprint density at radius 1 is 0.900 bits per heavy atom. The van der Waals surface area contributed by atoms with Gasteiger partial charge in [-0.15, -0.1) is 0 Å². The first-order chi connectivity index (χ1) is 18.4. The summed E-state index contributed by atoms with van der Waals surface area (Å²) in [5.74, 6) is -1.54. The van der Waals surface area contributed by atoms with Gasteiger partial charge in [0.1, 0.15) is 12.1 Å². The van der Waals surface area contributed by atoms with Crippen molar-refractivity contribution >= 4 is 47.2 Å². The maximum Gasteiger partial charge on any atom is 0.327 e. The summed E-state index contributed by atoms with van der Waals surface area (Å²) in [6, 6.07) is -1.67. The number of carboxylic acids is 2. The zero-order valence-electron chi connectivity index (χ0n) is 25.4. The normalized spacial score (nSPS) is 19.4. The van der Waals surface area contributed by atoms with Crippen LogP contribution in [-0.4, -0.2) is 93.4 Å². The quantitative estimate of drug-likeness (QED) is 0.102. The smallest absolute Gasteiger partial charge is 0.327 e. The number of Topliss-reactive ketones (excluding diaryl/α,β-unsaturated/α-hetero) is 1. The fraction of sp³-hybridized carbons (Fsp3) is 0.857. The van der Waals surface area contributed by atoms with Gasteiger partial charge in [-0.1, -0.05) is 41.5 Å². The van der Waals surface area contributed by atoms with Gasteiger partial charge in [-0.05, 0) is 39.5 Å². The van der Waals surface area contributed by atoms with Crippen molar-refractivity contribution in [2.24, 2.45) is 10.8 Å². The Bertz CT molecular complexity index is 861. The molecule has 1 rings (SSSR count). The number of hydrogen-bond acceptors (Lipinski definition) is 9. The molecule has 0 aromatic rings. The molecule has 0 spiro atoms. The Balaban J connectivity index is 2.48. The van der Waals surface area contributed by atoms with E-state index in [-0.39, 0.29) is 53.4 Å². The van der Waals surface area contributed by atoms with E-state index in [1.54, 1.807) is 25.6 Å². The standard InChI is InChI=1S/C28H51N3O7S2/c1-9-28(7,8)31-19(24(35)36)16-40-21-11-10-20(21)39-15-18(23(33)34)30-25(37)27(5,6)12-13-38-17-29-14-22(32)26(2,3)4/h18-21,29,31H,9-17H2,1-8H3,(H,30,37)(H,33,34)(H,35,36). The van der Waals surface area contributed by atoms with Gasteiger partial charge in [0.05, 0.1) is 13.3 Å². The van der Waals surface area contributed by atoms with Crippen molar-refractivity contribution in [2.75, 3.05) is 31.4 Å². The minimum atomic E-state index is -1.08. The fourth-order valence-corrected chi connectivity index (χ4v) is 6.66. The van der Waals surface area contributed by atoms with Crippen LogP contribution in [0.5, 0.6) is 0 Å². The van der Waals surface area contributed by atoms with E-state index in [4.69, 9.17) is 4.74 Å². The molecule has 0 saturated heterocycles. The zero-order valence-corrected chi connectivity index (χ0v) is 27.1. The number of ketones is 1. The van der Waals surface area contributed by atoms with E-state index in [1.807, 2.05) is 41.5 Å². The van der Waals surface area contributed by atoms with Gasteiger partial charge in [0.15, 0.2) is 5.78 Å². The Hall–Kier alpha value is -1.34.